The number of carbonyl (C=O) groups is 1. The van der Waals surface area contributed by atoms with Gasteiger partial charge in [0.1, 0.15) is 5.60 Å². The lowest BCUT2D eigenvalue weighted by atomic mass is 9.58. The first-order valence-electron chi connectivity index (χ1n) is 7.51. The van der Waals surface area contributed by atoms with E-state index in [1.807, 2.05) is 0 Å². The molecule has 2 rings (SSSR count). The van der Waals surface area contributed by atoms with Gasteiger partial charge in [-0.15, -0.1) is 0 Å². The van der Waals surface area contributed by atoms with Gasteiger partial charge in [-0.05, 0) is 49.9 Å². The van der Waals surface area contributed by atoms with E-state index in [4.69, 9.17) is 4.74 Å². The van der Waals surface area contributed by atoms with Crippen molar-refractivity contribution in [2.75, 3.05) is 0 Å². The van der Waals surface area contributed by atoms with Crippen LogP contribution in [0, 0.1) is 17.8 Å². The summed E-state index contributed by atoms with van der Waals surface area (Å²) in [6, 6.07) is 0. The van der Waals surface area contributed by atoms with Crippen molar-refractivity contribution in [2.45, 2.75) is 64.4 Å². The molecule has 0 amide bonds. The summed E-state index contributed by atoms with van der Waals surface area (Å²) in [5, 5.41) is 0. The largest absolute Gasteiger partial charge is 0.455 e. The van der Waals surface area contributed by atoms with Crippen molar-refractivity contribution in [3.8, 4) is 0 Å². The Morgan fingerprint density at radius 3 is 2.78 bits per heavy atom. The zero-order valence-electron chi connectivity index (χ0n) is 11.8. The molecule has 2 nitrogen and oxygen atoms in total. The molecule has 0 aromatic carbocycles. The Hall–Kier alpha value is -0.790. The molecular weight excluding hydrogens is 224 g/mol. The minimum absolute atomic E-state index is 0.211. The average Bonchev–Trinajstić information content (AvgIpc) is 2.41. The fourth-order valence-electron chi connectivity index (χ4n) is 4.44. The van der Waals surface area contributed by atoms with Crippen molar-refractivity contribution < 1.29 is 9.53 Å². The molecular formula is C16H26O2. The molecule has 2 fully saturated rings. The highest BCUT2D eigenvalue weighted by Gasteiger charge is 2.51. The zero-order chi connectivity index (χ0) is 13.2. The molecule has 102 valence electrons. The number of fused-ring (bicyclic) bond motifs is 2. The van der Waals surface area contributed by atoms with Crippen LogP contribution in [-0.4, -0.2) is 11.6 Å². The summed E-state index contributed by atoms with van der Waals surface area (Å²) in [6.07, 6.45) is 9.79. The van der Waals surface area contributed by atoms with Crippen LogP contribution >= 0.6 is 0 Å². The number of esters is 1. The van der Waals surface area contributed by atoms with Gasteiger partial charge in [0, 0.05) is 6.08 Å². The Morgan fingerprint density at radius 1 is 1.39 bits per heavy atom. The van der Waals surface area contributed by atoms with Gasteiger partial charge in [0.25, 0.3) is 0 Å². The molecule has 4 atom stereocenters. The van der Waals surface area contributed by atoms with Gasteiger partial charge >= 0.3 is 5.97 Å². The summed E-state index contributed by atoms with van der Waals surface area (Å²) in [5.41, 5.74) is -0.211. The van der Waals surface area contributed by atoms with E-state index >= 15 is 0 Å². The highest BCUT2D eigenvalue weighted by atomic mass is 16.6. The molecule has 18 heavy (non-hydrogen) atoms. The number of carbonyl (C=O) groups excluding carboxylic acids is 1. The van der Waals surface area contributed by atoms with E-state index in [1.165, 1.54) is 38.2 Å². The van der Waals surface area contributed by atoms with Crippen LogP contribution in [0.5, 0.6) is 0 Å². The normalized spacial score (nSPS) is 39.1. The molecule has 0 aromatic rings. The fraction of sp³-hybridized carbons (Fsp3) is 0.812. The first-order valence-corrected chi connectivity index (χ1v) is 7.51. The number of rotatable bonds is 4. The van der Waals surface area contributed by atoms with Gasteiger partial charge in [-0.1, -0.05) is 33.3 Å². The minimum Gasteiger partial charge on any atom is -0.455 e. The third kappa shape index (κ3) is 2.22. The van der Waals surface area contributed by atoms with Crippen molar-refractivity contribution in [1.29, 1.82) is 0 Å². The van der Waals surface area contributed by atoms with Gasteiger partial charge in [-0.25, -0.2) is 4.79 Å². The van der Waals surface area contributed by atoms with Crippen LogP contribution in [-0.2, 0) is 9.53 Å². The molecule has 2 aliphatic rings. The molecule has 0 aliphatic heterocycles. The predicted molar refractivity (Wildman–Crippen MR) is 73.2 cm³/mol. The van der Waals surface area contributed by atoms with Crippen LogP contribution in [0.2, 0.25) is 0 Å². The van der Waals surface area contributed by atoms with Gasteiger partial charge in [-0.3, -0.25) is 0 Å². The molecule has 4 unspecified atom stereocenters. The maximum atomic E-state index is 11.7. The van der Waals surface area contributed by atoms with Crippen LogP contribution in [0.15, 0.2) is 12.7 Å². The lowest BCUT2D eigenvalue weighted by Crippen LogP contribution is -2.53. The van der Waals surface area contributed by atoms with Gasteiger partial charge in [0.2, 0.25) is 0 Å². The first kappa shape index (κ1) is 13.6. The van der Waals surface area contributed by atoms with Gasteiger partial charge in [-0.2, -0.15) is 0 Å². The lowest BCUT2D eigenvalue weighted by Gasteiger charge is -2.53. The van der Waals surface area contributed by atoms with Gasteiger partial charge in [0.15, 0.2) is 0 Å². The third-order valence-electron chi connectivity index (χ3n) is 5.29. The Bertz CT molecular complexity index is 319. The van der Waals surface area contributed by atoms with Crippen molar-refractivity contribution in [1.82, 2.24) is 0 Å². The summed E-state index contributed by atoms with van der Waals surface area (Å²) in [7, 11) is 0. The predicted octanol–water partition coefficient (Wildman–Crippen LogP) is 4.10. The summed E-state index contributed by atoms with van der Waals surface area (Å²) in [4.78, 5) is 11.7. The van der Waals surface area contributed by atoms with E-state index in [9.17, 15) is 4.79 Å². The minimum atomic E-state index is -0.237. The van der Waals surface area contributed by atoms with E-state index in [0.29, 0.717) is 11.8 Å². The van der Waals surface area contributed by atoms with Gasteiger partial charge < -0.3 is 4.74 Å². The van der Waals surface area contributed by atoms with E-state index in [1.54, 1.807) is 0 Å². The first-order chi connectivity index (χ1) is 8.66. The monoisotopic (exact) mass is 250 g/mol. The van der Waals surface area contributed by atoms with E-state index in [-0.39, 0.29) is 11.6 Å². The van der Waals surface area contributed by atoms with Crippen molar-refractivity contribution >= 4 is 5.97 Å². The zero-order valence-corrected chi connectivity index (χ0v) is 11.8. The van der Waals surface area contributed by atoms with Crippen molar-refractivity contribution in [3.63, 3.8) is 0 Å². The quantitative estimate of drug-likeness (QED) is 0.554. The van der Waals surface area contributed by atoms with Crippen molar-refractivity contribution in [2.24, 2.45) is 17.8 Å². The van der Waals surface area contributed by atoms with E-state index in [2.05, 4.69) is 20.4 Å². The Labute approximate surface area is 111 Å². The van der Waals surface area contributed by atoms with E-state index in [0.717, 1.165) is 18.8 Å². The molecule has 0 heterocycles. The Kier molecular flexibility index (Phi) is 4.14. The lowest BCUT2D eigenvalue weighted by molar-refractivity contribution is -0.185. The van der Waals surface area contributed by atoms with Crippen LogP contribution in [0.4, 0.5) is 0 Å². The van der Waals surface area contributed by atoms with E-state index < -0.39 is 0 Å². The topological polar surface area (TPSA) is 26.3 Å². The maximum absolute atomic E-state index is 11.7. The molecule has 2 bridgehead atoms. The second-order valence-corrected chi connectivity index (χ2v) is 6.00. The van der Waals surface area contributed by atoms with Crippen molar-refractivity contribution in [3.05, 3.63) is 12.7 Å². The second kappa shape index (κ2) is 5.46. The summed E-state index contributed by atoms with van der Waals surface area (Å²) in [6.45, 7) is 7.96. The fourth-order valence-corrected chi connectivity index (χ4v) is 4.44. The van der Waals surface area contributed by atoms with Crippen LogP contribution in [0.25, 0.3) is 0 Å². The molecule has 0 aromatic heterocycles. The number of hydrogen-bond acceptors (Lipinski definition) is 2. The van der Waals surface area contributed by atoms with Crippen LogP contribution < -0.4 is 0 Å². The maximum Gasteiger partial charge on any atom is 0.330 e. The number of ether oxygens (including phenoxy) is 1. The highest BCUT2D eigenvalue weighted by Crippen LogP contribution is 2.52. The molecule has 0 saturated heterocycles. The molecule has 0 radical (unpaired) electrons. The molecule has 0 N–H and O–H groups in total. The SMILES string of the molecule is C=CC(=O)OC1(CC)C(CC)CC2CCCC1C2. The highest BCUT2D eigenvalue weighted by molar-refractivity contribution is 5.81. The molecule has 2 saturated carbocycles. The molecule has 2 heteroatoms. The number of hydrogen-bond donors (Lipinski definition) is 0. The van der Waals surface area contributed by atoms with Gasteiger partial charge in [0.05, 0.1) is 0 Å². The second-order valence-electron chi connectivity index (χ2n) is 6.00. The summed E-state index contributed by atoms with van der Waals surface area (Å²) in [5.74, 6) is 1.74. The average molecular weight is 250 g/mol. The van der Waals surface area contributed by atoms with Crippen LogP contribution in [0.1, 0.15) is 58.8 Å². The summed E-state index contributed by atoms with van der Waals surface area (Å²) < 4.78 is 5.91. The third-order valence-corrected chi connectivity index (χ3v) is 5.29. The Balaban J connectivity index is 2.26. The molecule has 0 spiro atoms. The van der Waals surface area contributed by atoms with Crippen LogP contribution in [0.3, 0.4) is 0 Å². The smallest absolute Gasteiger partial charge is 0.330 e. The molecule has 2 aliphatic carbocycles. The Morgan fingerprint density at radius 2 is 2.17 bits per heavy atom. The standard InChI is InChI=1S/C16H26O2/c1-4-13-10-12-8-7-9-14(11-12)16(13,6-3)18-15(17)5-2/h5,12-14H,2,4,6-11H2,1,3H3. The summed E-state index contributed by atoms with van der Waals surface area (Å²) >= 11 is 0.